The number of carbonyl (C=O) groups is 1. The van der Waals surface area contributed by atoms with Gasteiger partial charge in [0.15, 0.2) is 18.1 Å². The molecule has 0 aliphatic rings. The number of hydrazone groups is 1. The topological polar surface area (TPSA) is 91.2 Å². The molecule has 2 aromatic rings. The summed E-state index contributed by atoms with van der Waals surface area (Å²) in [5.41, 5.74) is 3.96. The second-order valence-electron chi connectivity index (χ2n) is 6.73. The Bertz CT molecular complexity index is 788. The lowest BCUT2D eigenvalue weighted by atomic mass is 9.87. The van der Waals surface area contributed by atoms with Crippen LogP contribution < -0.4 is 10.2 Å². The van der Waals surface area contributed by atoms with Crippen molar-refractivity contribution in [2.45, 2.75) is 26.2 Å². The molecule has 2 aromatic carbocycles. The van der Waals surface area contributed by atoms with E-state index in [-0.39, 0.29) is 22.8 Å². The molecule has 0 aromatic heterocycles. The Balaban J connectivity index is 1.85. The lowest BCUT2D eigenvalue weighted by Crippen LogP contribution is -2.24. The van der Waals surface area contributed by atoms with Crippen molar-refractivity contribution >= 4 is 23.7 Å². The Morgan fingerprint density at radius 2 is 1.88 bits per heavy atom. The fourth-order valence-electron chi connectivity index (χ4n) is 2.09. The van der Waals surface area contributed by atoms with Gasteiger partial charge in [-0.05, 0) is 40.8 Å². The molecule has 0 aliphatic carbocycles. The number of hydrogen-bond donors (Lipinski definition) is 3. The summed E-state index contributed by atoms with van der Waals surface area (Å²) in [6.07, 6.45) is 1.29. The van der Waals surface area contributed by atoms with Crippen molar-refractivity contribution in [1.82, 2.24) is 5.43 Å². The van der Waals surface area contributed by atoms with Gasteiger partial charge in [-0.15, -0.1) is 0 Å². The second-order valence-corrected chi connectivity index (χ2v) is 7.13. The first-order chi connectivity index (χ1) is 12.2. The summed E-state index contributed by atoms with van der Waals surface area (Å²) in [4.78, 5) is 11.8. The van der Waals surface area contributed by atoms with E-state index in [2.05, 4.69) is 31.3 Å². The number of halogens is 1. The van der Waals surface area contributed by atoms with Crippen LogP contribution in [-0.2, 0) is 10.2 Å². The molecule has 0 bridgehead atoms. The van der Waals surface area contributed by atoms with Crippen LogP contribution in [0.4, 0.5) is 0 Å². The van der Waals surface area contributed by atoms with E-state index in [0.717, 1.165) is 0 Å². The van der Waals surface area contributed by atoms with Crippen LogP contribution in [-0.4, -0.2) is 28.9 Å². The van der Waals surface area contributed by atoms with Gasteiger partial charge in [0.25, 0.3) is 5.91 Å². The Morgan fingerprint density at radius 1 is 1.23 bits per heavy atom. The van der Waals surface area contributed by atoms with Crippen LogP contribution in [0.2, 0.25) is 5.02 Å². The molecule has 0 saturated carbocycles. The number of nitrogens with zero attached hydrogens (tertiary/aromatic N) is 1. The van der Waals surface area contributed by atoms with Gasteiger partial charge in [-0.3, -0.25) is 4.79 Å². The Morgan fingerprint density at radius 3 is 2.46 bits per heavy atom. The molecule has 0 radical (unpaired) electrons. The molecule has 0 atom stereocenters. The summed E-state index contributed by atoms with van der Waals surface area (Å²) in [5.74, 6) is -0.617. The molecule has 3 N–H and O–H groups in total. The van der Waals surface area contributed by atoms with Crippen LogP contribution >= 0.6 is 11.6 Å². The number of amides is 1. The van der Waals surface area contributed by atoms with Crippen molar-refractivity contribution in [1.29, 1.82) is 0 Å². The lowest BCUT2D eigenvalue weighted by Gasteiger charge is -2.19. The number of phenolic OH excluding ortho intramolecular Hbond substituents is 2. The predicted octanol–water partition coefficient (Wildman–Crippen LogP) is 3.58. The highest BCUT2D eigenvalue weighted by Crippen LogP contribution is 2.33. The number of nitrogens with one attached hydrogen (secondary N) is 1. The standard InChI is InChI=1S/C19H21ClN2O4/c1-19(2,3)13-4-6-14(7-5-13)26-11-17(24)22-21-10-12-8-15(20)18(25)16(23)9-12/h4-10,23,25H,11H2,1-3H3,(H,22,24)/b21-10+. The summed E-state index contributed by atoms with van der Waals surface area (Å²) < 4.78 is 5.41. The molecule has 138 valence electrons. The first-order valence-corrected chi connectivity index (χ1v) is 8.31. The average Bonchev–Trinajstić information content (AvgIpc) is 2.57. The van der Waals surface area contributed by atoms with E-state index in [4.69, 9.17) is 16.3 Å². The molecular formula is C19H21ClN2O4. The maximum absolute atomic E-state index is 11.8. The van der Waals surface area contributed by atoms with E-state index in [1.54, 1.807) is 0 Å². The van der Waals surface area contributed by atoms with Crippen LogP contribution in [0.3, 0.4) is 0 Å². The summed E-state index contributed by atoms with van der Waals surface area (Å²) in [5, 5.41) is 22.6. The highest BCUT2D eigenvalue weighted by molar-refractivity contribution is 6.32. The fraction of sp³-hybridized carbons (Fsp3) is 0.263. The normalized spacial score (nSPS) is 11.5. The van der Waals surface area contributed by atoms with Gasteiger partial charge in [-0.2, -0.15) is 5.10 Å². The first kappa shape index (κ1) is 19.6. The van der Waals surface area contributed by atoms with Crippen molar-refractivity contribution < 1.29 is 19.7 Å². The maximum atomic E-state index is 11.8. The number of carbonyl (C=O) groups excluding carboxylic acids is 1. The molecule has 0 spiro atoms. The van der Waals surface area contributed by atoms with Crippen molar-refractivity contribution in [3.8, 4) is 17.2 Å². The van der Waals surface area contributed by atoms with Crippen molar-refractivity contribution in [2.75, 3.05) is 6.61 Å². The Hall–Kier alpha value is -2.73. The van der Waals surface area contributed by atoms with E-state index >= 15 is 0 Å². The molecule has 0 aliphatic heterocycles. The van der Waals surface area contributed by atoms with Crippen molar-refractivity contribution in [3.63, 3.8) is 0 Å². The number of aromatic hydroxyl groups is 2. The summed E-state index contributed by atoms with van der Waals surface area (Å²) in [7, 11) is 0. The number of hydrogen-bond acceptors (Lipinski definition) is 5. The lowest BCUT2D eigenvalue weighted by molar-refractivity contribution is -0.123. The number of ether oxygens (including phenoxy) is 1. The van der Waals surface area contributed by atoms with E-state index in [1.165, 1.54) is 23.9 Å². The molecule has 0 unspecified atom stereocenters. The quantitative estimate of drug-likeness (QED) is 0.422. The maximum Gasteiger partial charge on any atom is 0.277 e. The molecule has 0 saturated heterocycles. The van der Waals surface area contributed by atoms with Crippen molar-refractivity contribution in [3.05, 3.63) is 52.5 Å². The number of phenols is 2. The molecule has 0 fully saturated rings. The van der Waals surface area contributed by atoms with Gasteiger partial charge in [0.1, 0.15) is 5.75 Å². The minimum absolute atomic E-state index is 0.0141. The molecule has 26 heavy (non-hydrogen) atoms. The van der Waals surface area contributed by atoms with Crippen LogP contribution in [0.1, 0.15) is 31.9 Å². The third kappa shape index (κ3) is 5.39. The highest BCUT2D eigenvalue weighted by atomic mass is 35.5. The van der Waals surface area contributed by atoms with E-state index in [1.807, 2.05) is 24.3 Å². The fourth-order valence-corrected chi connectivity index (χ4v) is 2.31. The van der Waals surface area contributed by atoms with Gasteiger partial charge in [0.2, 0.25) is 0 Å². The zero-order valence-electron chi connectivity index (χ0n) is 14.8. The monoisotopic (exact) mass is 376 g/mol. The van der Waals surface area contributed by atoms with Crippen molar-refractivity contribution in [2.24, 2.45) is 5.10 Å². The number of rotatable bonds is 5. The second kappa shape index (κ2) is 8.10. The molecule has 2 rings (SSSR count). The zero-order valence-corrected chi connectivity index (χ0v) is 15.5. The molecular weight excluding hydrogens is 356 g/mol. The molecule has 7 heteroatoms. The predicted molar refractivity (Wildman–Crippen MR) is 101 cm³/mol. The first-order valence-electron chi connectivity index (χ1n) is 7.93. The minimum atomic E-state index is -0.435. The molecule has 6 nitrogen and oxygen atoms in total. The largest absolute Gasteiger partial charge is 0.504 e. The van der Waals surface area contributed by atoms with Crippen LogP contribution in [0.15, 0.2) is 41.5 Å². The van der Waals surface area contributed by atoms with Gasteiger partial charge < -0.3 is 14.9 Å². The zero-order chi connectivity index (χ0) is 19.3. The van der Waals surface area contributed by atoms with Gasteiger partial charge in [-0.25, -0.2) is 5.43 Å². The number of benzene rings is 2. The Labute approximate surface area is 157 Å². The third-order valence-electron chi connectivity index (χ3n) is 3.56. The SMILES string of the molecule is CC(C)(C)c1ccc(OCC(=O)N/N=C/c2cc(O)c(O)c(Cl)c2)cc1. The third-order valence-corrected chi connectivity index (χ3v) is 3.85. The van der Waals surface area contributed by atoms with E-state index in [0.29, 0.717) is 11.3 Å². The van der Waals surface area contributed by atoms with Gasteiger partial charge in [0, 0.05) is 0 Å². The van der Waals surface area contributed by atoms with Gasteiger partial charge >= 0.3 is 0 Å². The smallest absolute Gasteiger partial charge is 0.277 e. The van der Waals surface area contributed by atoms with E-state index < -0.39 is 11.7 Å². The summed E-state index contributed by atoms with van der Waals surface area (Å²) in [6.45, 7) is 6.17. The minimum Gasteiger partial charge on any atom is -0.504 e. The van der Waals surface area contributed by atoms with Gasteiger partial charge in [0.05, 0.1) is 11.2 Å². The van der Waals surface area contributed by atoms with E-state index in [9.17, 15) is 15.0 Å². The Kier molecular flexibility index (Phi) is 6.10. The molecule has 0 heterocycles. The average molecular weight is 377 g/mol. The van der Waals surface area contributed by atoms with Crippen LogP contribution in [0.25, 0.3) is 0 Å². The molecule has 1 amide bonds. The summed E-state index contributed by atoms with van der Waals surface area (Å²) in [6, 6.07) is 10.2. The van der Waals surface area contributed by atoms with Crippen LogP contribution in [0.5, 0.6) is 17.2 Å². The summed E-state index contributed by atoms with van der Waals surface area (Å²) >= 11 is 5.74. The van der Waals surface area contributed by atoms with Gasteiger partial charge in [-0.1, -0.05) is 44.5 Å². The highest BCUT2D eigenvalue weighted by Gasteiger charge is 2.13. The van der Waals surface area contributed by atoms with Crippen LogP contribution in [0, 0.1) is 0 Å².